The lowest BCUT2D eigenvalue weighted by Gasteiger charge is -2.26. The predicted octanol–water partition coefficient (Wildman–Crippen LogP) is 2.84. The van der Waals surface area contributed by atoms with E-state index in [9.17, 15) is 13.2 Å². The van der Waals surface area contributed by atoms with Gasteiger partial charge in [0.2, 0.25) is 15.9 Å². The van der Waals surface area contributed by atoms with Crippen molar-refractivity contribution >= 4 is 21.6 Å². The van der Waals surface area contributed by atoms with E-state index in [1.165, 1.54) is 16.4 Å². The molecular formula is C20H24N2O4S. The minimum atomic E-state index is -3.53. The highest BCUT2D eigenvalue weighted by atomic mass is 32.2. The van der Waals surface area contributed by atoms with Crippen molar-refractivity contribution in [2.24, 2.45) is 0 Å². The molecule has 2 aromatic rings. The second-order valence-electron chi connectivity index (χ2n) is 6.40. The first-order valence-electron chi connectivity index (χ1n) is 9.06. The summed E-state index contributed by atoms with van der Waals surface area (Å²) in [6, 6.07) is 15.9. The zero-order valence-electron chi connectivity index (χ0n) is 15.3. The molecule has 1 saturated heterocycles. The summed E-state index contributed by atoms with van der Waals surface area (Å²) >= 11 is 0. The second-order valence-corrected chi connectivity index (χ2v) is 8.34. The standard InChI is InChI=1S/C20H24N2O4S/c1-2-19(16-6-4-3-5-7-16)20(23)21-17-8-10-18(11-9-17)27(24,25)22-12-14-26-15-13-22/h3-11,19H,2,12-15H2,1H3,(H,21,23)/t19-/m1/s1. The van der Waals surface area contributed by atoms with E-state index < -0.39 is 10.0 Å². The van der Waals surface area contributed by atoms with Crippen LogP contribution in [0.25, 0.3) is 0 Å². The van der Waals surface area contributed by atoms with Crippen LogP contribution < -0.4 is 5.32 Å². The maximum absolute atomic E-state index is 12.6. The van der Waals surface area contributed by atoms with Crippen LogP contribution in [0.5, 0.6) is 0 Å². The van der Waals surface area contributed by atoms with E-state index in [0.29, 0.717) is 38.4 Å². The van der Waals surface area contributed by atoms with Crippen molar-refractivity contribution in [3.8, 4) is 0 Å². The van der Waals surface area contributed by atoms with Gasteiger partial charge in [0, 0.05) is 18.8 Å². The monoisotopic (exact) mass is 388 g/mol. The number of nitrogens with one attached hydrogen (secondary N) is 1. The van der Waals surface area contributed by atoms with Gasteiger partial charge in [-0.1, -0.05) is 37.3 Å². The largest absolute Gasteiger partial charge is 0.379 e. The lowest BCUT2D eigenvalue weighted by Crippen LogP contribution is -2.40. The molecule has 1 atom stereocenters. The Labute approximate surface area is 160 Å². The number of carbonyl (C=O) groups excluding carboxylic acids is 1. The summed E-state index contributed by atoms with van der Waals surface area (Å²) in [6.45, 7) is 3.50. The van der Waals surface area contributed by atoms with Gasteiger partial charge in [-0.3, -0.25) is 4.79 Å². The first-order chi connectivity index (χ1) is 13.0. The quantitative estimate of drug-likeness (QED) is 0.826. The highest BCUT2D eigenvalue weighted by molar-refractivity contribution is 7.89. The molecule has 2 aromatic carbocycles. The maximum atomic E-state index is 12.6. The first-order valence-corrected chi connectivity index (χ1v) is 10.5. The number of nitrogens with zero attached hydrogens (tertiary/aromatic N) is 1. The van der Waals surface area contributed by atoms with Gasteiger partial charge in [-0.05, 0) is 36.2 Å². The smallest absolute Gasteiger partial charge is 0.243 e. The molecule has 27 heavy (non-hydrogen) atoms. The summed E-state index contributed by atoms with van der Waals surface area (Å²) < 4.78 is 31.9. The first kappa shape index (κ1) is 19.5. The number of carbonyl (C=O) groups is 1. The summed E-state index contributed by atoms with van der Waals surface area (Å²) in [4.78, 5) is 12.8. The molecule has 0 spiro atoms. The highest BCUT2D eigenvalue weighted by Crippen LogP contribution is 2.23. The minimum Gasteiger partial charge on any atom is -0.379 e. The summed E-state index contributed by atoms with van der Waals surface area (Å²) in [5.41, 5.74) is 1.54. The van der Waals surface area contributed by atoms with Crippen molar-refractivity contribution in [2.75, 3.05) is 31.6 Å². The number of hydrogen-bond acceptors (Lipinski definition) is 4. The van der Waals surface area contributed by atoms with Crippen LogP contribution in [0.3, 0.4) is 0 Å². The molecule has 1 amide bonds. The molecule has 1 aliphatic rings. The fourth-order valence-corrected chi connectivity index (χ4v) is 4.54. The van der Waals surface area contributed by atoms with Crippen molar-refractivity contribution in [1.82, 2.24) is 4.31 Å². The SMILES string of the molecule is CC[C@@H](C(=O)Nc1ccc(S(=O)(=O)N2CCOCC2)cc1)c1ccccc1. The van der Waals surface area contributed by atoms with E-state index in [1.54, 1.807) is 12.1 Å². The molecular weight excluding hydrogens is 364 g/mol. The predicted molar refractivity (Wildman–Crippen MR) is 104 cm³/mol. The Morgan fingerprint density at radius 3 is 2.30 bits per heavy atom. The van der Waals surface area contributed by atoms with E-state index in [1.807, 2.05) is 37.3 Å². The van der Waals surface area contributed by atoms with Crippen molar-refractivity contribution in [3.63, 3.8) is 0 Å². The molecule has 1 aliphatic heterocycles. The van der Waals surface area contributed by atoms with Crippen LogP contribution in [0.1, 0.15) is 24.8 Å². The van der Waals surface area contributed by atoms with Crippen LogP contribution in [0.2, 0.25) is 0 Å². The van der Waals surface area contributed by atoms with Gasteiger partial charge in [0.1, 0.15) is 0 Å². The number of ether oxygens (including phenoxy) is 1. The molecule has 3 rings (SSSR count). The summed E-state index contributed by atoms with van der Waals surface area (Å²) in [6.07, 6.45) is 0.680. The van der Waals surface area contributed by atoms with E-state index in [-0.39, 0.29) is 16.7 Å². The average molecular weight is 388 g/mol. The van der Waals surface area contributed by atoms with Gasteiger partial charge >= 0.3 is 0 Å². The van der Waals surface area contributed by atoms with Crippen LogP contribution in [0.4, 0.5) is 5.69 Å². The molecule has 0 radical (unpaired) electrons. The Kier molecular flexibility index (Phi) is 6.26. The van der Waals surface area contributed by atoms with Crippen molar-refractivity contribution in [3.05, 3.63) is 60.2 Å². The van der Waals surface area contributed by atoms with Gasteiger partial charge in [0.15, 0.2) is 0 Å². The third kappa shape index (κ3) is 4.55. The van der Waals surface area contributed by atoms with Crippen LogP contribution in [-0.2, 0) is 19.6 Å². The Hall–Kier alpha value is -2.22. The molecule has 144 valence electrons. The molecule has 0 saturated carbocycles. The van der Waals surface area contributed by atoms with Gasteiger partial charge in [0.05, 0.1) is 24.0 Å². The van der Waals surface area contributed by atoms with E-state index in [4.69, 9.17) is 4.74 Å². The highest BCUT2D eigenvalue weighted by Gasteiger charge is 2.26. The molecule has 6 nitrogen and oxygen atoms in total. The molecule has 1 N–H and O–H groups in total. The lowest BCUT2D eigenvalue weighted by atomic mass is 9.95. The number of amides is 1. The average Bonchev–Trinajstić information content (AvgIpc) is 2.70. The van der Waals surface area contributed by atoms with Crippen molar-refractivity contribution in [1.29, 1.82) is 0 Å². The number of hydrogen-bond donors (Lipinski definition) is 1. The summed E-state index contributed by atoms with van der Waals surface area (Å²) in [5, 5.41) is 2.88. The fourth-order valence-electron chi connectivity index (χ4n) is 3.13. The van der Waals surface area contributed by atoms with E-state index in [2.05, 4.69) is 5.32 Å². The zero-order chi connectivity index (χ0) is 19.3. The van der Waals surface area contributed by atoms with Crippen LogP contribution in [0, 0.1) is 0 Å². The topological polar surface area (TPSA) is 75.7 Å². The van der Waals surface area contributed by atoms with E-state index >= 15 is 0 Å². The molecule has 0 aliphatic carbocycles. The molecule has 1 fully saturated rings. The van der Waals surface area contributed by atoms with Gasteiger partial charge in [-0.25, -0.2) is 8.42 Å². The van der Waals surface area contributed by atoms with Crippen LogP contribution in [0.15, 0.2) is 59.5 Å². The third-order valence-corrected chi connectivity index (χ3v) is 6.57. The number of sulfonamides is 1. The Balaban J connectivity index is 1.71. The van der Waals surface area contributed by atoms with E-state index in [0.717, 1.165) is 5.56 Å². The third-order valence-electron chi connectivity index (χ3n) is 4.66. The normalized spacial score (nSPS) is 16.6. The molecule has 0 unspecified atom stereocenters. The number of benzene rings is 2. The number of morpholine rings is 1. The van der Waals surface area contributed by atoms with Crippen LogP contribution >= 0.6 is 0 Å². The number of anilines is 1. The van der Waals surface area contributed by atoms with Gasteiger partial charge in [-0.2, -0.15) is 4.31 Å². The lowest BCUT2D eigenvalue weighted by molar-refractivity contribution is -0.117. The Bertz CT molecular complexity index is 861. The molecule has 7 heteroatoms. The number of rotatable bonds is 6. The summed E-state index contributed by atoms with van der Waals surface area (Å²) in [5.74, 6) is -0.351. The second kappa shape index (κ2) is 8.65. The zero-order valence-corrected chi connectivity index (χ0v) is 16.1. The minimum absolute atomic E-state index is 0.104. The van der Waals surface area contributed by atoms with Gasteiger partial charge < -0.3 is 10.1 Å². The van der Waals surface area contributed by atoms with Gasteiger partial charge in [0.25, 0.3) is 0 Å². The van der Waals surface area contributed by atoms with Crippen molar-refractivity contribution in [2.45, 2.75) is 24.2 Å². The molecule has 0 aromatic heterocycles. The fraction of sp³-hybridized carbons (Fsp3) is 0.350. The maximum Gasteiger partial charge on any atom is 0.243 e. The Morgan fingerprint density at radius 1 is 1.07 bits per heavy atom. The van der Waals surface area contributed by atoms with Crippen LogP contribution in [-0.4, -0.2) is 44.9 Å². The summed E-state index contributed by atoms with van der Waals surface area (Å²) in [7, 11) is -3.53. The molecule has 0 bridgehead atoms. The Morgan fingerprint density at radius 2 is 1.70 bits per heavy atom. The van der Waals surface area contributed by atoms with Crippen molar-refractivity contribution < 1.29 is 17.9 Å². The van der Waals surface area contributed by atoms with Gasteiger partial charge in [-0.15, -0.1) is 0 Å². The molecule has 1 heterocycles.